The molecule has 0 radical (unpaired) electrons. The maximum atomic E-state index is 12.1. The summed E-state index contributed by atoms with van der Waals surface area (Å²) in [5, 5.41) is 16.6. The van der Waals surface area contributed by atoms with E-state index in [9.17, 15) is 10.1 Å². The first-order valence-corrected chi connectivity index (χ1v) is 8.67. The quantitative estimate of drug-likeness (QED) is 0.871. The predicted molar refractivity (Wildman–Crippen MR) is 92.8 cm³/mol. The average Bonchev–Trinajstić information content (AvgIpc) is 3.09. The SMILES string of the molecule is N#Cc1c(NC(=O)CNCc2ccccc2Cl)sc2c1CCC2. The Labute approximate surface area is 144 Å². The highest BCUT2D eigenvalue weighted by Crippen LogP contribution is 2.38. The molecule has 0 atom stereocenters. The van der Waals surface area contributed by atoms with E-state index in [1.807, 2.05) is 24.3 Å². The van der Waals surface area contributed by atoms with Crippen LogP contribution in [0.25, 0.3) is 0 Å². The lowest BCUT2D eigenvalue weighted by molar-refractivity contribution is -0.115. The van der Waals surface area contributed by atoms with Crippen LogP contribution in [0.3, 0.4) is 0 Å². The van der Waals surface area contributed by atoms with E-state index in [2.05, 4.69) is 16.7 Å². The number of halogens is 1. The Hall–Kier alpha value is -1.87. The minimum Gasteiger partial charge on any atom is -0.315 e. The highest BCUT2D eigenvalue weighted by atomic mass is 35.5. The van der Waals surface area contributed by atoms with E-state index in [0.29, 0.717) is 22.1 Å². The summed E-state index contributed by atoms with van der Waals surface area (Å²) < 4.78 is 0. The Balaban J connectivity index is 1.56. The molecule has 1 heterocycles. The molecule has 118 valence electrons. The van der Waals surface area contributed by atoms with Crippen LogP contribution in [-0.4, -0.2) is 12.5 Å². The second kappa shape index (κ2) is 7.14. The number of benzene rings is 1. The Morgan fingerprint density at radius 3 is 2.96 bits per heavy atom. The molecule has 1 amide bonds. The van der Waals surface area contributed by atoms with E-state index in [-0.39, 0.29) is 12.5 Å². The molecule has 6 heteroatoms. The van der Waals surface area contributed by atoms with Crippen LogP contribution < -0.4 is 10.6 Å². The third-order valence-corrected chi connectivity index (χ3v) is 5.42. The number of aryl methyl sites for hydroxylation is 1. The predicted octanol–water partition coefficient (Wildman–Crippen LogP) is 3.49. The van der Waals surface area contributed by atoms with Gasteiger partial charge in [-0.25, -0.2) is 0 Å². The number of carbonyl (C=O) groups excluding carboxylic acids is 1. The Bertz CT molecular complexity index is 779. The summed E-state index contributed by atoms with van der Waals surface area (Å²) >= 11 is 7.61. The van der Waals surface area contributed by atoms with Crippen LogP contribution in [0.1, 0.15) is 28.0 Å². The third kappa shape index (κ3) is 3.56. The van der Waals surface area contributed by atoms with E-state index in [4.69, 9.17) is 11.6 Å². The first-order valence-electron chi connectivity index (χ1n) is 7.47. The van der Waals surface area contributed by atoms with Crippen molar-refractivity contribution in [3.05, 3.63) is 50.9 Å². The van der Waals surface area contributed by atoms with Gasteiger partial charge in [-0.05, 0) is 36.5 Å². The number of nitrogens with zero attached hydrogens (tertiary/aromatic N) is 1. The van der Waals surface area contributed by atoms with Gasteiger partial charge in [-0.1, -0.05) is 29.8 Å². The molecule has 1 aliphatic carbocycles. The van der Waals surface area contributed by atoms with Crippen molar-refractivity contribution in [2.45, 2.75) is 25.8 Å². The fraction of sp³-hybridized carbons (Fsp3) is 0.294. The largest absolute Gasteiger partial charge is 0.315 e. The zero-order valence-corrected chi connectivity index (χ0v) is 14.1. The molecule has 1 aliphatic rings. The van der Waals surface area contributed by atoms with Crippen molar-refractivity contribution in [2.24, 2.45) is 0 Å². The van der Waals surface area contributed by atoms with Gasteiger partial charge in [0.15, 0.2) is 0 Å². The van der Waals surface area contributed by atoms with E-state index in [1.165, 1.54) is 16.2 Å². The van der Waals surface area contributed by atoms with Crippen LogP contribution in [0.5, 0.6) is 0 Å². The van der Waals surface area contributed by atoms with Crippen molar-refractivity contribution in [3.63, 3.8) is 0 Å². The van der Waals surface area contributed by atoms with Crippen molar-refractivity contribution in [1.82, 2.24) is 5.32 Å². The topological polar surface area (TPSA) is 64.9 Å². The lowest BCUT2D eigenvalue weighted by Crippen LogP contribution is -2.27. The van der Waals surface area contributed by atoms with E-state index in [0.717, 1.165) is 30.4 Å². The summed E-state index contributed by atoms with van der Waals surface area (Å²) in [5.41, 5.74) is 2.72. The van der Waals surface area contributed by atoms with E-state index >= 15 is 0 Å². The van der Waals surface area contributed by atoms with Gasteiger partial charge in [-0.2, -0.15) is 5.26 Å². The molecule has 2 aromatic rings. The summed E-state index contributed by atoms with van der Waals surface area (Å²) in [6.07, 6.45) is 3.05. The van der Waals surface area contributed by atoms with Crippen LogP contribution in [-0.2, 0) is 24.2 Å². The number of fused-ring (bicyclic) bond motifs is 1. The molecule has 2 N–H and O–H groups in total. The fourth-order valence-electron chi connectivity index (χ4n) is 2.73. The fourth-order valence-corrected chi connectivity index (χ4v) is 4.19. The molecule has 0 bridgehead atoms. The molecule has 1 aromatic heterocycles. The van der Waals surface area contributed by atoms with E-state index in [1.54, 1.807) is 0 Å². The number of amides is 1. The third-order valence-electron chi connectivity index (χ3n) is 3.84. The molecule has 3 rings (SSSR count). The van der Waals surface area contributed by atoms with Gasteiger partial charge in [0.1, 0.15) is 11.1 Å². The second-order valence-electron chi connectivity index (χ2n) is 5.42. The maximum Gasteiger partial charge on any atom is 0.238 e. The number of rotatable bonds is 5. The summed E-state index contributed by atoms with van der Waals surface area (Å²) in [7, 11) is 0. The number of carbonyl (C=O) groups is 1. The van der Waals surface area contributed by atoms with Gasteiger partial charge in [-0.3, -0.25) is 4.79 Å². The lowest BCUT2D eigenvalue weighted by atomic mass is 10.1. The van der Waals surface area contributed by atoms with Crippen molar-refractivity contribution in [1.29, 1.82) is 5.26 Å². The van der Waals surface area contributed by atoms with Crippen LogP contribution in [0.15, 0.2) is 24.3 Å². The van der Waals surface area contributed by atoms with Crippen molar-refractivity contribution in [2.75, 3.05) is 11.9 Å². The first kappa shape index (κ1) is 16.0. The summed E-state index contributed by atoms with van der Waals surface area (Å²) in [6, 6.07) is 9.76. The molecule has 0 unspecified atom stereocenters. The van der Waals surface area contributed by atoms with Crippen LogP contribution in [0, 0.1) is 11.3 Å². The summed E-state index contributed by atoms with van der Waals surface area (Å²) in [5.74, 6) is -0.145. The number of hydrogen-bond donors (Lipinski definition) is 2. The number of thiophene rings is 1. The van der Waals surface area contributed by atoms with Gasteiger partial charge in [-0.15, -0.1) is 11.3 Å². The molecule has 23 heavy (non-hydrogen) atoms. The molecule has 0 fully saturated rings. The number of anilines is 1. The second-order valence-corrected chi connectivity index (χ2v) is 6.93. The smallest absolute Gasteiger partial charge is 0.238 e. The molecule has 0 saturated carbocycles. The Morgan fingerprint density at radius 2 is 2.17 bits per heavy atom. The number of hydrogen-bond acceptors (Lipinski definition) is 4. The van der Waals surface area contributed by atoms with Crippen LogP contribution >= 0.6 is 22.9 Å². The average molecular weight is 346 g/mol. The highest BCUT2D eigenvalue weighted by Gasteiger charge is 2.22. The van der Waals surface area contributed by atoms with Gasteiger partial charge >= 0.3 is 0 Å². The zero-order chi connectivity index (χ0) is 16.2. The molecule has 0 saturated heterocycles. The molecule has 0 spiro atoms. The van der Waals surface area contributed by atoms with Crippen LogP contribution in [0.4, 0.5) is 5.00 Å². The van der Waals surface area contributed by atoms with Crippen molar-refractivity contribution < 1.29 is 4.79 Å². The first-order chi connectivity index (χ1) is 11.2. The highest BCUT2D eigenvalue weighted by molar-refractivity contribution is 7.16. The Morgan fingerprint density at radius 1 is 1.35 bits per heavy atom. The standard InChI is InChI=1S/C17H16ClN3OS/c18-14-6-2-1-4-11(14)9-20-10-16(22)21-17-13(8-19)12-5-3-7-15(12)23-17/h1-2,4,6,20H,3,5,7,9-10H2,(H,21,22). The molecule has 1 aromatic carbocycles. The van der Waals surface area contributed by atoms with Gasteiger partial charge in [0.05, 0.1) is 12.1 Å². The molecule has 0 aliphatic heterocycles. The Kier molecular flexibility index (Phi) is 4.97. The zero-order valence-electron chi connectivity index (χ0n) is 12.5. The summed E-state index contributed by atoms with van der Waals surface area (Å²) in [6.45, 7) is 0.706. The minimum absolute atomic E-state index is 0.145. The number of nitrogens with one attached hydrogen (secondary N) is 2. The van der Waals surface area contributed by atoms with Gasteiger partial charge in [0, 0.05) is 16.4 Å². The monoisotopic (exact) mass is 345 g/mol. The molecule has 4 nitrogen and oxygen atoms in total. The number of nitriles is 1. The molecular formula is C17H16ClN3OS. The maximum absolute atomic E-state index is 12.1. The van der Waals surface area contributed by atoms with Gasteiger partial charge < -0.3 is 10.6 Å². The lowest BCUT2D eigenvalue weighted by Gasteiger charge is -2.07. The van der Waals surface area contributed by atoms with Crippen molar-refractivity contribution >= 4 is 33.8 Å². The van der Waals surface area contributed by atoms with Crippen molar-refractivity contribution in [3.8, 4) is 6.07 Å². The van der Waals surface area contributed by atoms with Gasteiger partial charge in [0.2, 0.25) is 5.91 Å². The van der Waals surface area contributed by atoms with Crippen LogP contribution in [0.2, 0.25) is 5.02 Å². The molecular weight excluding hydrogens is 330 g/mol. The van der Waals surface area contributed by atoms with E-state index < -0.39 is 0 Å². The summed E-state index contributed by atoms with van der Waals surface area (Å²) in [4.78, 5) is 13.3. The van der Waals surface area contributed by atoms with Gasteiger partial charge in [0.25, 0.3) is 0 Å². The normalized spacial score (nSPS) is 12.7. The minimum atomic E-state index is -0.145.